The number of thiophene rings is 1. The zero-order valence-electron chi connectivity index (χ0n) is 15.9. The smallest absolute Gasteiger partial charge is 0.331 e. The van der Waals surface area contributed by atoms with Gasteiger partial charge in [0.05, 0.1) is 34.3 Å². The summed E-state index contributed by atoms with van der Waals surface area (Å²) in [6, 6.07) is 5.65. The quantitative estimate of drug-likeness (QED) is 0.672. The van der Waals surface area contributed by atoms with Crippen LogP contribution in [-0.2, 0) is 9.53 Å². The molecule has 0 aliphatic carbocycles. The Bertz CT molecular complexity index is 1020. The van der Waals surface area contributed by atoms with Crippen LogP contribution >= 0.6 is 11.3 Å². The second kappa shape index (κ2) is 7.11. The molecular formula is C19H21N3O4S. The SMILES string of the molecule is CCC(C)(NC(=O)c1cc(-c2ccc(C)s2)nc2onc(C)c12)C(=O)OC. The normalized spacial score (nSPS) is 13.4. The summed E-state index contributed by atoms with van der Waals surface area (Å²) in [5, 5.41) is 7.27. The molecule has 3 aromatic rings. The standard InChI is InChI=1S/C19H21N3O4S/c1-6-19(4,18(24)25-5)21-16(23)12-9-13(14-8-7-10(2)27-14)20-17-15(12)11(3)22-26-17/h7-9H,6H2,1-5H3,(H,21,23). The predicted molar refractivity (Wildman–Crippen MR) is 103 cm³/mol. The molecule has 3 aromatic heterocycles. The van der Waals surface area contributed by atoms with Crippen molar-refractivity contribution in [1.29, 1.82) is 0 Å². The Morgan fingerprint density at radius 3 is 2.67 bits per heavy atom. The van der Waals surface area contributed by atoms with E-state index in [0.717, 1.165) is 9.75 Å². The largest absolute Gasteiger partial charge is 0.467 e. The van der Waals surface area contributed by atoms with Gasteiger partial charge in [0.2, 0.25) is 0 Å². The number of aromatic nitrogens is 2. The summed E-state index contributed by atoms with van der Waals surface area (Å²) in [5.74, 6) is -0.905. The van der Waals surface area contributed by atoms with Crippen LogP contribution in [0.4, 0.5) is 0 Å². The predicted octanol–water partition coefficient (Wildman–Crippen LogP) is 3.64. The van der Waals surface area contributed by atoms with E-state index in [4.69, 9.17) is 9.26 Å². The fourth-order valence-corrected chi connectivity index (χ4v) is 3.63. The number of esters is 1. The third kappa shape index (κ3) is 3.44. The first-order valence-corrected chi connectivity index (χ1v) is 9.35. The Morgan fingerprint density at radius 2 is 2.07 bits per heavy atom. The number of nitrogens with one attached hydrogen (secondary N) is 1. The number of fused-ring (bicyclic) bond motifs is 1. The Balaban J connectivity index is 2.10. The Kier molecular flexibility index (Phi) is 5.01. The van der Waals surface area contributed by atoms with E-state index in [1.165, 1.54) is 7.11 Å². The van der Waals surface area contributed by atoms with Crippen LogP contribution in [0.1, 0.15) is 41.2 Å². The number of carbonyl (C=O) groups is 2. The second-order valence-corrected chi connectivity index (χ2v) is 7.83. The molecule has 1 unspecified atom stereocenters. The molecule has 7 nitrogen and oxygen atoms in total. The van der Waals surface area contributed by atoms with Crippen LogP contribution < -0.4 is 5.32 Å². The van der Waals surface area contributed by atoms with Gasteiger partial charge in [-0.2, -0.15) is 0 Å². The maximum absolute atomic E-state index is 13.1. The first-order chi connectivity index (χ1) is 12.8. The lowest BCUT2D eigenvalue weighted by Crippen LogP contribution is -2.52. The number of ether oxygens (including phenoxy) is 1. The van der Waals surface area contributed by atoms with Crippen molar-refractivity contribution >= 4 is 34.3 Å². The molecule has 0 saturated heterocycles. The molecule has 0 saturated carbocycles. The minimum Gasteiger partial charge on any atom is -0.467 e. The number of rotatable bonds is 5. The van der Waals surface area contributed by atoms with Crippen molar-refractivity contribution < 1.29 is 18.8 Å². The van der Waals surface area contributed by atoms with E-state index < -0.39 is 17.4 Å². The molecule has 0 radical (unpaired) electrons. The summed E-state index contributed by atoms with van der Waals surface area (Å²) in [5.41, 5.74) is 0.707. The van der Waals surface area contributed by atoms with E-state index in [2.05, 4.69) is 15.5 Å². The lowest BCUT2D eigenvalue weighted by atomic mass is 9.97. The van der Waals surface area contributed by atoms with E-state index >= 15 is 0 Å². The van der Waals surface area contributed by atoms with Crippen molar-refractivity contribution in [2.45, 2.75) is 39.7 Å². The summed E-state index contributed by atoms with van der Waals surface area (Å²) in [4.78, 5) is 31.8. The van der Waals surface area contributed by atoms with E-state index in [-0.39, 0.29) is 5.71 Å². The molecule has 8 heteroatoms. The number of pyridine rings is 1. The molecular weight excluding hydrogens is 366 g/mol. The zero-order chi connectivity index (χ0) is 19.8. The zero-order valence-corrected chi connectivity index (χ0v) is 16.7. The first kappa shape index (κ1) is 19.0. The van der Waals surface area contributed by atoms with E-state index in [1.807, 2.05) is 26.0 Å². The maximum atomic E-state index is 13.1. The third-order valence-electron chi connectivity index (χ3n) is 4.59. The number of aryl methyl sites for hydroxylation is 2. The van der Waals surface area contributed by atoms with Gasteiger partial charge in [-0.25, -0.2) is 9.78 Å². The molecule has 1 amide bonds. The van der Waals surface area contributed by atoms with Gasteiger partial charge in [-0.3, -0.25) is 4.79 Å². The highest BCUT2D eigenvalue weighted by molar-refractivity contribution is 7.15. The minimum absolute atomic E-state index is 0.289. The number of carbonyl (C=O) groups excluding carboxylic acids is 2. The molecule has 142 valence electrons. The van der Waals surface area contributed by atoms with Crippen LogP contribution in [0.15, 0.2) is 22.7 Å². The van der Waals surface area contributed by atoms with Crippen LogP contribution in [0.3, 0.4) is 0 Å². The van der Waals surface area contributed by atoms with Crippen LogP contribution in [0.2, 0.25) is 0 Å². The lowest BCUT2D eigenvalue weighted by Gasteiger charge is -2.26. The van der Waals surface area contributed by atoms with E-state index in [0.29, 0.717) is 28.8 Å². The number of hydrogen-bond donors (Lipinski definition) is 1. The number of hydrogen-bond acceptors (Lipinski definition) is 7. The van der Waals surface area contributed by atoms with E-state index in [9.17, 15) is 9.59 Å². The highest BCUT2D eigenvalue weighted by Gasteiger charge is 2.35. The molecule has 0 spiro atoms. The van der Waals surface area contributed by atoms with Gasteiger partial charge in [0.15, 0.2) is 0 Å². The summed E-state index contributed by atoms with van der Waals surface area (Å²) in [7, 11) is 1.30. The highest BCUT2D eigenvalue weighted by atomic mass is 32.1. The summed E-state index contributed by atoms with van der Waals surface area (Å²) in [6.45, 7) is 7.20. The van der Waals surface area contributed by atoms with Crippen molar-refractivity contribution in [1.82, 2.24) is 15.5 Å². The highest BCUT2D eigenvalue weighted by Crippen LogP contribution is 2.31. The van der Waals surface area contributed by atoms with Crippen molar-refractivity contribution in [2.75, 3.05) is 7.11 Å². The molecule has 3 heterocycles. The molecule has 0 aliphatic heterocycles. The summed E-state index contributed by atoms with van der Waals surface area (Å²) in [6.07, 6.45) is 0.388. The van der Waals surface area contributed by atoms with Gasteiger partial charge in [-0.15, -0.1) is 11.3 Å². The third-order valence-corrected chi connectivity index (χ3v) is 5.61. The van der Waals surface area contributed by atoms with Crippen LogP contribution in [-0.4, -0.2) is 34.7 Å². The van der Waals surface area contributed by atoms with Crippen molar-refractivity contribution in [3.8, 4) is 10.6 Å². The van der Waals surface area contributed by atoms with Crippen LogP contribution in [0.5, 0.6) is 0 Å². The first-order valence-electron chi connectivity index (χ1n) is 8.54. The van der Waals surface area contributed by atoms with Crippen LogP contribution in [0.25, 0.3) is 21.7 Å². The number of methoxy groups -OCH3 is 1. The van der Waals surface area contributed by atoms with Gasteiger partial charge in [0, 0.05) is 4.88 Å². The van der Waals surface area contributed by atoms with Gasteiger partial charge >= 0.3 is 5.97 Å². The molecule has 1 atom stereocenters. The van der Waals surface area contributed by atoms with Crippen molar-refractivity contribution in [3.05, 3.63) is 34.3 Å². The monoisotopic (exact) mass is 387 g/mol. The average molecular weight is 387 g/mol. The Hall–Kier alpha value is -2.74. The Morgan fingerprint density at radius 1 is 1.33 bits per heavy atom. The molecule has 0 bridgehead atoms. The molecule has 0 aliphatic rings. The summed E-state index contributed by atoms with van der Waals surface area (Å²) < 4.78 is 10.1. The van der Waals surface area contributed by atoms with Crippen LogP contribution in [0, 0.1) is 13.8 Å². The number of nitrogens with zero attached hydrogens (tertiary/aromatic N) is 2. The maximum Gasteiger partial charge on any atom is 0.331 e. The van der Waals surface area contributed by atoms with Crippen molar-refractivity contribution in [3.63, 3.8) is 0 Å². The van der Waals surface area contributed by atoms with E-state index in [1.54, 1.807) is 31.3 Å². The van der Waals surface area contributed by atoms with Crippen molar-refractivity contribution in [2.24, 2.45) is 0 Å². The van der Waals surface area contributed by atoms with Gasteiger partial charge in [-0.1, -0.05) is 12.1 Å². The second-order valence-electron chi connectivity index (χ2n) is 6.54. The van der Waals surface area contributed by atoms with Gasteiger partial charge < -0.3 is 14.6 Å². The van der Waals surface area contributed by atoms with Gasteiger partial charge in [0.1, 0.15) is 5.54 Å². The molecule has 0 fully saturated rings. The topological polar surface area (TPSA) is 94.3 Å². The average Bonchev–Trinajstić information content (AvgIpc) is 3.26. The fourth-order valence-electron chi connectivity index (χ4n) is 2.80. The lowest BCUT2D eigenvalue weighted by molar-refractivity contribution is -0.147. The molecule has 27 heavy (non-hydrogen) atoms. The molecule has 1 N–H and O–H groups in total. The minimum atomic E-state index is -1.13. The summed E-state index contributed by atoms with van der Waals surface area (Å²) >= 11 is 1.57. The molecule has 0 aromatic carbocycles. The Labute approximate surface area is 160 Å². The van der Waals surface area contributed by atoms with Gasteiger partial charge in [0.25, 0.3) is 11.6 Å². The fraction of sp³-hybridized carbons (Fsp3) is 0.368. The number of amides is 1. The van der Waals surface area contributed by atoms with Gasteiger partial charge in [-0.05, 0) is 45.4 Å². The molecule has 3 rings (SSSR count).